The summed E-state index contributed by atoms with van der Waals surface area (Å²) in [5.74, 6) is -2.34. The third-order valence-corrected chi connectivity index (χ3v) is 6.12. The highest BCUT2D eigenvalue weighted by molar-refractivity contribution is 6.16. The molecule has 2 aromatic carbocycles. The number of fused-ring (bicyclic) bond motifs is 1. The number of rotatable bonds is 8. The largest absolute Gasteiger partial charge is 0.503 e. The maximum Gasteiger partial charge on any atom is 0.290 e. The number of ketones is 1. The highest BCUT2D eigenvalue weighted by Crippen LogP contribution is 2.41. The Morgan fingerprint density at radius 3 is 2.83 bits per heavy atom. The van der Waals surface area contributed by atoms with Crippen LogP contribution in [0.25, 0.3) is 11.0 Å². The number of ether oxygens (including phenoxy) is 1. The Kier molecular flexibility index (Phi) is 5.82. The summed E-state index contributed by atoms with van der Waals surface area (Å²) in [7, 11) is 1.49. The number of nitrogens with zero attached hydrogens (tertiary/aromatic N) is 2. The second-order valence-electron chi connectivity index (χ2n) is 8.21. The number of H-pyrrole nitrogens is 1. The van der Waals surface area contributed by atoms with E-state index in [1.54, 1.807) is 36.8 Å². The molecule has 0 spiro atoms. The molecule has 0 radical (unpaired) electrons. The molecule has 1 unspecified atom stereocenters. The first kappa shape index (κ1) is 22.4. The summed E-state index contributed by atoms with van der Waals surface area (Å²) in [5, 5.41) is 11.4. The van der Waals surface area contributed by atoms with Gasteiger partial charge in [-0.25, -0.2) is 8.96 Å². The molecule has 35 heavy (non-hydrogen) atoms. The topological polar surface area (TPSA) is 99.6 Å². The lowest BCUT2D eigenvalue weighted by Crippen LogP contribution is -2.36. The van der Waals surface area contributed by atoms with Gasteiger partial charge >= 0.3 is 0 Å². The van der Waals surface area contributed by atoms with Gasteiger partial charge in [0, 0.05) is 23.9 Å². The molecule has 1 aliphatic rings. The number of carbonyl (C=O) groups is 2. The molecule has 1 aliphatic heterocycles. The molecule has 1 amide bonds. The van der Waals surface area contributed by atoms with Crippen molar-refractivity contribution in [2.24, 2.45) is 0 Å². The van der Waals surface area contributed by atoms with Crippen molar-refractivity contribution in [1.29, 1.82) is 0 Å². The first-order valence-electron chi connectivity index (χ1n) is 11.1. The van der Waals surface area contributed by atoms with Crippen LogP contribution in [-0.2, 0) is 11.3 Å². The molecule has 0 saturated heterocycles. The number of carbonyl (C=O) groups excluding carboxylic acids is 2. The number of nitrogens with one attached hydrogen (secondary N) is 1. The predicted molar refractivity (Wildman–Crippen MR) is 123 cm³/mol. The van der Waals surface area contributed by atoms with E-state index in [0.717, 1.165) is 0 Å². The third kappa shape index (κ3) is 3.95. The number of benzene rings is 2. The number of aromatic nitrogens is 2. The van der Waals surface area contributed by atoms with Gasteiger partial charge in [-0.2, -0.15) is 0 Å². The third-order valence-electron chi connectivity index (χ3n) is 6.12. The molecule has 4 aromatic rings. The SMILES string of the molecule is COc1cccc2cc(C(=O)C3=C(O)C(=O)N(CCC[n+]4cc[nH]c4)C3c3ccccc3F)oc12. The van der Waals surface area contributed by atoms with E-state index in [-0.39, 0.29) is 23.4 Å². The lowest BCUT2D eigenvalue weighted by molar-refractivity contribution is -0.695. The average Bonchev–Trinajstić information content (AvgIpc) is 3.59. The number of methoxy groups -OCH3 is 1. The Labute approximate surface area is 199 Å². The molecule has 0 saturated carbocycles. The van der Waals surface area contributed by atoms with Gasteiger partial charge in [0.1, 0.15) is 18.2 Å². The van der Waals surface area contributed by atoms with Gasteiger partial charge in [0.2, 0.25) is 12.1 Å². The monoisotopic (exact) mass is 476 g/mol. The second kappa shape index (κ2) is 9.09. The fourth-order valence-electron chi connectivity index (χ4n) is 4.46. The number of furan rings is 1. The molecule has 5 rings (SSSR count). The van der Waals surface area contributed by atoms with E-state index in [1.165, 1.54) is 36.3 Å². The van der Waals surface area contributed by atoms with Crippen LogP contribution >= 0.6 is 0 Å². The van der Waals surface area contributed by atoms with Crippen molar-refractivity contribution in [1.82, 2.24) is 9.88 Å². The number of aliphatic hydroxyl groups excluding tert-OH is 1. The van der Waals surface area contributed by atoms with Crippen LogP contribution in [0.2, 0.25) is 0 Å². The Morgan fingerprint density at radius 2 is 2.09 bits per heavy atom. The minimum absolute atomic E-state index is 0.0788. The predicted octanol–water partition coefficient (Wildman–Crippen LogP) is 3.86. The van der Waals surface area contributed by atoms with Gasteiger partial charge < -0.3 is 19.2 Å². The van der Waals surface area contributed by atoms with Gasteiger partial charge in [-0.1, -0.05) is 30.3 Å². The Bertz CT molecular complexity index is 1440. The zero-order chi connectivity index (χ0) is 24.5. The standard InChI is InChI=1S/C26H22FN3O5/c1-34-19-9-4-6-16-14-20(35-25(16)19)23(31)21-22(17-7-2-3-8-18(17)27)30(26(33)24(21)32)12-5-11-29-13-10-28-15-29/h2-4,6-10,13-15,22H,5,11-12H2,1H3,(H,31,32)/p+1. The van der Waals surface area contributed by atoms with E-state index < -0.39 is 29.3 Å². The van der Waals surface area contributed by atoms with Crippen molar-refractivity contribution in [2.45, 2.75) is 19.0 Å². The minimum atomic E-state index is -1.09. The summed E-state index contributed by atoms with van der Waals surface area (Å²) in [4.78, 5) is 31.0. The van der Waals surface area contributed by atoms with Gasteiger partial charge in [-0.15, -0.1) is 0 Å². The summed E-state index contributed by atoms with van der Waals surface area (Å²) in [6, 6.07) is 11.6. The van der Waals surface area contributed by atoms with Crippen molar-refractivity contribution >= 4 is 22.7 Å². The number of aliphatic hydroxyl groups is 1. The fourth-order valence-corrected chi connectivity index (χ4v) is 4.46. The molecule has 178 valence electrons. The lowest BCUT2D eigenvalue weighted by Gasteiger charge is -2.26. The molecule has 1 atom stereocenters. The minimum Gasteiger partial charge on any atom is -0.503 e. The molecule has 0 aliphatic carbocycles. The van der Waals surface area contributed by atoms with Crippen molar-refractivity contribution in [3.05, 3.63) is 95.7 Å². The lowest BCUT2D eigenvalue weighted by atomic mass is 9.94. The maximum atomic E-state index is 14.9. The number of halogens is 1. The molecular weight excluding hydrogens is 453 g/mol. The maximum absolute atomic E-state index is 14.9. The van der Waals surface area contributed by atoms with Gasteiger partial charge in [-0.3, -0.25) is 14.6 Å². The molecule has 2 N–H and O–H groups in total. The van der Waals surface area contributed by atoms with Crippen LogP contribution in [0.4, 0.5) is 4.39 Å². The quantitative estimate of drug-likeness (QED) is 0.297. The van der Waals surface area contributed by atoms with Gasteiger partial charge in [0.15, 0.2) is 22.9 Å². The van der Waals surface area contributed by atoms with Crippen molar-refractivity contribution in [3.8, 4) is 5.75 Å². The first-order chi connectivity index (χ1) is 17.0. The van der Waals surface area contributed by atoms with E-state index in [2.05, 4.69) is 4.98 Å². The summed E-state index contributed by atoms with van der Waals surface area (Å²) in [6.45, 7) is 0.787. The Hall–Kier alpha value is -4.40. The highest BCUT2D eigenvalue weighted by atomic mass is 19.1. The number of hydrogen-bond donors (Lipinski definition) is 2. The number of aryl methyl sites for hydroxylation is 1. The van der Waals surface area contributed by atoms with E-state index >= 15 is 0 Å². The molecule has 3 heterocycles. The first-order valence-corrected chi connectivity index (χ1v) is 11.1. The average molecular weight is 476 g/mol. The van der Waals surface area contributed by atoms with Crippen LogP contribution in [0.15, 0.2) is 83.0 Å². The zero-order valence-electron chi connectivity index (χ0n) is 18.9. The fraction of sp³-hybridized carbons (Fsp3) is 0.192. The normalized spacial score (nSPS) is 15.9. The van der Waals surface area contributed by atoms with Crippen LogP contribution in [0, 0.1) is 5.82 Å². The Balaban J connectivity index is 1.53. The highest BCUT2D eigenvalue weighted by Gasteiger charge is 2.45. The van der Waals surface area contributed by atoms with Crippen molar-refractivity contribution < 1.29 is 32.8 Å². The van der Waals surface area contributed by atoms with Gasteiger partial charge in [0.25, 0.3) is 5.91 Å². The molecule has 0 fully saturated rings. The summed E-state index contributed by atoms with van der Waals surface area (Å²) in [5.41, 5.74) is 0.272. The van der Waals surface area contributed by atoms with Crippen LogP contribution in [0.1, 0.15) is 28.6 Å². The van der Waals surface area contributed by atoms with E-state index in [0.29, 0.717) is 29.7 Å². The van der Waals surface area contributed by atoms with Crippen LogP contribution in [-0.4, -0.2) is 40.3 Å². The number of imidazole rings is 1. The Morgan fingerprint density at radius 1 is 1.26 bits per heavy atom. The summed E-state index contributed by atoms with van der Waals surface area (Å²) >= 11 is 0. The molecule has 0 bridgehead atoms. The number of hydrogen-bond acceptors (Lipinski definition) is 5. The zero-order valence-corrected chi connectivity index (χ0v) is 18.9. The number of para-hydroxylation sites is 1. The number of aromatic amines is 1. The number of amides is 1. The van der Waals surface area contributed by atoms with Crippen LogP contribution < -0.4 is 9.30 Å². The molecule has 8 nitrogen and oxygen atoms in total. The van der Waals surface area contributed by atoms with Crippen LogP contribution in [0.5, 0.6) is 5.75 Å². The van der Waals surface area contributed by atoms with Gasteiger partial charge in [-0.05, 0) is 18.2 Å². The molecular formula is C26H23FN3O5+. The van der Waals surface area contributed by atoms with E-state index in [9.17, 15) is 19.1 Å². The second-order valence-corrected chi connectivity index (χ2v) is 8.21. The van der Waals surface area contributed by atoms with Crippen LogP contribution in [0.3, 0.4) is 0 Å². The summed E-state index contributed by atoms with van der Waals surface area (Å²) in [6.07, 6.45) is 5.92. The van der Waals surface area contributed by atoms with Crippen molar-refractivity contribution in [3.63, 3.8) is 0 Å². The summed E-state index contributed by atoms with van der Waals surface area (Å²) < 4.78 is 27.9. The molecule has 2 aromatic heterocycles. The number of Topliss-reactive ketones (excluding diaryl/α,β-unsaturated/α-hetero) is 1. The van der Waals surface area contributed by atoms with E-state index in [4.69, 9.17) is 9.15 Å². The van der Waals surface area contributed by atoms with Gasteiger partial charge in [0.05, 0.1) is 25.3 Å². The molecule has 9 heteroatoms. The smallest absolute Gasteiger partial charge is 0.290 e. The van der Waals surface area contributed by atoms with E-state index in [1.807, 2.05) is 10.8 Å². The van der Waals surface area contributed by atoms with Crippen molar-refractivity contribution in [2.75, 3.05) is 13.7 Å².